The van der Waals surface area contributed by atoms with E-state index in [0.29, 0.717) is 0 Å². The molecule has 0 bridgehead atoms. The fourth-order valence-electron chi connectivity index (χ4n) is 3.95. The third-order valence-corrected chi connectivity index (χ3v) is 5.26. The lowest BCUT2D eigenvalue weighted by molar-refractivity contribution is 0.381. The quantitative estimate of drug-likeness (QED) is 0.224. The summed E-state index contributed by atoms with van der Waals surface area (Å²) in [6, 6.07) is 41.0. The first-order valence-electron chi connectivity index (χ1n) is 10.7. The Morgan fingerprint density at radius 3 is 1.61 bits per heavy atom. The molecular weight excluding hydrogens is 429 g/mol. The first-order valence-corrected chi connectivity index (χ1v) is 12.8. The van der Waals surface area contributed by atoms with Crippen LogP contribution in [0.2, 0.25) is 0 Å². The van der Waals surface area contributed by atoms with Crippen LogP contribution in [0.5, 0.6) is 0 Å². The van der Waals surface area contributed by atoms with Gasteiger partial charge in [-0.15, -0.1) is 0 Å². The molecule has 0 atom stereocenters. The van der Waals surface area contributed by atoms with Gasteiger partial charge in [-0.2, -0.15) is 0 Å². The Morgan fingerprint density at radius 1 is 0.667 bits per heavy atom. The Labute approximate surface area is 193 Å². The van der Waals surface area contributed by atoms with Crippen LogP contribution in [0, 0.1) is 0 Å². The van der Waals surface area contributed by atoms with Crippen molar-refractivity contribution in [1.29, 1.82) is 0 Å². The number of anilines is 2. The SMILES string of the molecule is CP(=O)(O)O.c1ccc(CN(c2ccccc2)c2c3ccccc3cc3ccccc23)cc1. The smallest absolute Gasteiger partial charge is 0.322 e. The summed E-state index contributed by atoms with van der Waals surface area (Å²) >= 11 is 0. The minimum atomic E-state index is -3.64. The number of rotatable bonds is 4. The molecule has 0 spiro atoms. The minimum Gasteiger partial charge on any atom is -0.336 e. The second-order valence-electron chi connectivity index (χ2n) is 7.91. The van der Waals surface area contributed by atoms with Crippen molar-refractivity contribution in [1.82, 2.24) is 0 Å². The van der Waals surface area contributed by atoms with Crippen molar-refractivity contribution in [3.8, 4) is 0 Å². The lowest BCUT2D eigenvalue weighted by atomic mass is 9.99. The summed E-state index contributed by atoms with van der Waals surface area (Å²) in [7, 11) is -3.64. The van der Waals surface area contributed by atoms with E-state index >= 15 is 0 Å². The highest BCUT2D eigenvalue weighted by Crippen LogP contribution is 2.40. The van der Waals surface area contributed by atoms with E-state index in [4.69, 9.17) is 9.79 Å². The van der Waals surface area contributed by atoms with Crippen molar-refractivity contribution in [3.63, 3.8) is 0 Å². The first kappa shape index (κ1) is 22.8. The van der Waals surface area contributed by atoms with Crippen LogP contribution >= 0.6 is 7.60 Å². The van der Waals surface area contributed by atoms with Gasteiger partial charge in [-0.3, -0.25) is 4.57 Å². The summed E-state index contributed by atoms with van der Waals surface area (Å²) in [6.07, 6.45) is 0. The first-order chi connectivity index (χ1) is 15.9. The number of hydrogen-bond donors (Lipinski definition) is 2. The molecule has 0 fully saturated rings. The van der Waals surface area contributed by atoms with Gasteiger partial charge in [0.15, 0.2) is 0 Å². The van der Waals surface area contributed by atoms with E-state index in [0.717, 1.165) is 13.2 Å². The molecule has 166 valence electrons. The Balaban J connectivity index is 0.000000471. The van der Waals surface area contributed by atoms with Gasteiger partial charge in [-0.25, -0.2) is 0 Å². The van der Waals surface area contributed by atoms with Gasteiger partial charge < -0.3 is 14.7 Å². The number of hydrogen-bond acceptors (Lipinski definition) is 2. The Kier molecular flexibility index (Phi) is 6.90. The zero-order chi connectivity index (χ0) is 23.3. The zero-order valence-electron chi connectivity index (χ0n) is 18.4. The van der Waals surface area contributed by atoms with E-state index in [9.17, 15) is 4.57 Å². The van der Waals surface area contributed by atoms with Gasteiger partial charge in [0.05, 0.1) is 5.69 Å². The van der Waals surface area contributed by atoms with Gasteiger partial charge in [0.25, 0.3) is 0 Å². The maximum Gasteiger partial charge on any atom is 0.322 e. The molecule has 0 unspecified atom stereocenters. The summed E-state index contributed by atoms with van der Waals surface area (Å²) in [4.78, 5) is 17.7. The van der Waals surface area contributed by atoms with Gasteiger partial charge in [-0.05, 0) is 34.5 Å². The van der Waals surface area contributed by atoms with Crippen LogP contribution in [0.25, 0.3) is 21.5 Å². The molecular formula is C28H26NO3P. The molecule has 2 N–H and O–H groups in total. The molecule has 0 heterocycles. The standard InChI is InChI=1S/C27H21N.CH5O3P/c1-3-11-21(12-4-1)20-28(24-15-5-2-6-16-24)27-25-17-9-7-13-22(25)19-23-14-8-10-18-26(23)27;1-5(2,3)4/h1-19H,20H2;1H3,(H2,2,3,4). The number of para-hydroxylation sites is 1. The van der Waals surface area contributed by atoms with Crippen molar-refractivity contribution in [2.24, 2.45) is 0 Å². The second kappa shape index (κ2) is 10.0. The van der Waals surface area contributed by atoms with E-state index in [1.165, 1.54) is 38.5 Å². The number of nitrogens with zero attached hydrogens (tertiary/aromatic N) is 1. The molecule has 0 saturated heterocycles. The summed E-state index contributed by atoms with van der Waals surface area (Å²) in [5, 5.41) is 5.09. The Bertz CT molecular complexity index is 1340. The van der Waals surface area contributed by atoms with Crippen molar-refractivity contribution >= 4 is 40.5 Å². The lowest BCUT2D eigenvalue weighted by Crippen LogP contribution is -2.17. The van der Waals surface area contributed by atoms with Crippen LogP contribution in [0.15, 0.2) is 115 Å². The molecule has 5 aromatic carbocycles. The largest absolute Gasteiger partial charge is 0.336 e. The van der Waals surface area contributed by atoms with Crippen LogP contribution in [0.3, 0.4) is 0 Å². The van der Waals surface area contributed by atoms with Gasteiger partial charge in [0.2, 0.25) is 0 Å². The lowest BCUT2D eigenvalue weighted by Gasteiger charge is -2.28. The van der Waals surface area contributed by atoms with Gasteiger partial charge >= 0.3 is 7.60 Å². The van der Waals surface area contributed by atoms with Crippen LogP contribution in [-0.2, 0) is 11.1 Å². The molecule has 0 amide bonds. The van der Waals surface area contributed by atoms with Gasteiger partial charge in [0, 0.05) is 29.7 Å². The molecule has 5 heteroatoms. The Morgan fingerprint density at radius 2 is 1.09 bits per heavy atom. The van der Waals surface area contributed by atoms with Crippen LogP contribution in [-0.4, -0.2) is 16.5 Å². The van der Waals surface area contributed by atoms with Crippen molar-refractivity contribution in [2.45, 2.75) is 6.54 Å². The molecule has 0 saturated carbocycles. The summed E-state index contributed by atoms with van der Waals surface area (Å²) < 4.78 is 9.33. The summed E-state index contributed by atoms with van der Waals surface area (Å²) in [5.74, 6) is 0. The third kappa shape index (κ3) is 5.88. The summed E-state index contributed by atoms with van der Waals surface area (Å²) in [5.41, 5.74) is 3.76. The topological polar surface area (TPSA) is 60.8 Å². The normalized spacial score (nSPS) is 11.1. The molecule has 0 aliphatic heterocycles. The molecule has 0 aliphatic carbocycles. The highest BCUT2D eigenvalue weighted by molar-refractivity contribution is 7.50. The number of benzene rings is 5. The van der Waals surface area contributed by atoms with Crippen molar-refractivity contribution < 1.29 is 14.4 Å². The van der Waals surface area contributed by atoms with Gasteiger partial charge in [0.1, 0.15) is 0 Å². The van der Waals surface area contributed by atoms with E-state index in [2.05, 4.69) is 120 Å². The maximum absolute atomic E-state index is 9.33. The minimum absolute atomic E-state index is 0.822. The highest BCUT2D eigenvalue weighted by atomic mass is 31.2. The summed E-state index contributed by atoms with van der Waals surface area (Å²) in [6.45, 7) is 1.68. The fraction of sp³-hybridized carbons (Fsp3) is 0.0714. The third-order valence-electron chi connectivity index (χ3n) is 5.26. The maximum atomic E-state index is 9.33. The molecule has 0 aliphatic rings. The predicted octanol–water partition coefficient (Wildman–Crippen LogP) is 7.13. The average molecular weight is 455 g/mol. The molecule has 5 aromatic rings. The van der Waals surface area contributed by atoms with Crippen molar-refractivity contribution in [3.05, 3.63) is 121 Å². The van der Waals surface area contributed by atoms with E-state index < -0.39 is 7.60 Å². The monoisotopic (exact) mass is 455 g/mol. The molecule has 33 heavy (non-hydrogen) atoms. The number of fused-ring (bicyclic) bond motifs is 2. The zero-order valence-corrected chi connectivity index (χ0v) is 19.3. The molecule has 0 radical (unpaired) electrons. The van der Waals surface area contributed by atoms with E-state index in [-0.39, 0.29) is 0 Å². The molecule has 0 aromatic heterocycles. The molecule has 4 nitrogen and oxygen atoms in total. The fourth-order valence-corrected chi connectivity index (χ4v) is 3.95. The predicted molar refractivity (Wildman–Crippen MR) is 138 cm³/mol. The average Bonchev–Trinajstić information content (AvgIpc) is 2.81. The van der Waals surface area contributed by atoms with Crippen LogP contribution in [0.4, 0.5) is 11.4 Å². The second-order valence-corrected chi connectivity index (χ2v) is 9.58. The van der Waals surface area contributed by atoms with Crippen LogP contribution in [0.1, 0.15) is 5.56 Å². The van der Waals surface area contributed by atoms with E-state index in [1.807, 2.05) is 0 Å². The van der Waals surface area contributed by atoms with Crippen molar-refractivity contribution in [2.75, 3.05) is 11.6 Å². The highest BCUT2D eigenvalue weighted by Gasteiger charge is 2.16. The van der Waals surface area contributed by atoms with Gasteiger partial charge in [-0.1, -0.05) is 97.1 Å². The Hall–Kier alpha value is -3.43. The molecule has 5 rings (SSSR count). The van der Waals surface area contributed by atoms with Crippen LogP contribution < -0.4 is 4.90 Å². The van der Waals surface area contributed by atoms with E-state index in [1.54, 1.807) is 0 Å².